The summed E-state index contributed by atoms with van der Waals surface area (Å²) in [6.45, 7) is 5.15. The number of anilines is 2. The highest BCUT2D eigenvalue weighted by molar-refractivity contribution is 8.00. The minimum atomic E-state index is -0.529. The van der Waals surface area contributed by atoms with Gasteiger partial charge in [-0.2, -0.15) is 0 Å². The lowest BCUT2D eigenvalue weighted by atomic mass is 10.2. The highest BCUT2D eigenvalue weighted by Crippen LogP contribution is 2.27. The van der Waals surface area contributed by atoms with Gasteiger partial charge >= 0.3 is 0 Å². The number of nitrogens with zero attached hydrogens (tertiary/aromatic N) is 2. The Morgan fingerprint density at radius 2 is 1.53 bits per heavy atom. The maximum absolute atomic E-state index is 13.4. The molecule has 0 aliphatic heterocycles. The van der Waals surface area contributed by atoms with Crippen molar-refractivity contribution in [1.82, 2.24) is 9.55 Å². The number of hydrogen-bond acceptors (Lipinski definition) is 5. The molecule has 1 atom stereocenters. The number of para-hydroxylation sites is 2. The molecule has 0 saturated heterocycles. The number of benzene rings is 3. The minimum Gasteiger partial charge on any atom is -0.326 e. The maximum atomic E-state index is 13.4. The predicted molar refractivity (Wildman–Crippen MR) is 137 cm³/mol. The SMILES string of the molecule is CC(=O)Nc1ccc(NC(=O)[C@@H](C)Sc2nc3ccccc3c(=O)n2-c2ccccc2C)cc1. The van der Waals surface area contributed by atoms with Gasteiger partial charge in [-0.15, -0.1) is 0 Å². The van der Waals surface area contributed by atoms with Gasteiger partial charge in [-0.05, 0) is 61.9 Å². The Balaban J connectivity index is 1.64. The molecular formula is C26H24N4O3S. The minimum absolute atomic E-state index is 0.163. The molecule has 0 aliphatic carbocycles. The third-order valence-electron chi connectivity index (χ3n) is 5.23. The first-order valence-electron chi connectivity index (χ1n) is 10.8. The summed E-state index contributed by atoms with van der Waals surface area (Å²) < 4.78 is 1.58. The summed E-state index contributed by atoms with van der Waals surface area (Å²) in [6, 6.07) is 21.7. The summed E-state index contributed by atoms with van der Waals surface area (Å²) in [4.78, 5) is 42.3. The number of aryl methyl sites for hydroxylation is 1. The quantitative estimate of drug-likeness (QED) is 0.311. The Hall–Kier alpha value is -3.91. The van der Waals surface area contributed by atoms with E-state index in [1.807, 2.05) is 43.3 Å². The lowest BCUT2D eigenvalue weighted by Gasteiger charge is -2.17. The molecule has 8 heteroatoms. The normalized spacial score (nSPS) is 11.7. The highest BCUT2D eigenvalue weighted by atomic mass is 32.2. The zero-order valence-electron chi connectivity index (χ0n) is 19.0. The third kappa shape index (κ3) is 5.02. The summed E-state index contributed by atoms with van der Waals surface area (Å²) in [6.07, 6.45) is 0. The molecule has 172 valence electrons. The van der Waals surface area contributed by atoms with Crippen molar-refractivity contribution in [3.8, 4) is 5.69 Å². The van der Waals surface area contributed by atoms with Crippen LogP contribution in [-0.4, -0.2) is 26.6 Å². The van der Waals surface area contributed by atoms with Crippen molar-refractivity contribution in [2.24, 2.45) is 0 Å². The fourth-order valence-corrected chi connectivity index (χ4v) is 4.43. The first-order valence-corrected chi connectivity index (χ1v) is 11.6. The van der Waals surface area contributed by atoms with E-state index in [-0.39, 0.29) is 17.4 Å². The standard InChI is InChI=1S/C26H24N4O3S/c1-16-8-4-7-11-23(16)30-25(33)21-9-5-6-10-22(21)29-26(30)34-17(2)24(32)28-20-14-12-19(13-15-20)27-18(3)31/h4-15,17H,1-3H3,(H,27,31)(H,28,32)/t17-/m1/s1. The van der Waals surface area contributed by atoms with Gasteiger partial charge in [0.2, 0.25) is 11.8 Å². The molecule has 1 aromatic heterocycles. The van der Waals surface area contributed by atoms with Crippen LogP contribution in [-0.2, 0) is 9.59 Å². The molecule has 0 unspecified atom stereocenters. The van der Waals surface area contributed by atoms with E-state index in [0.29, 0.717) is 27.4 Å². The Bertz CT molecular complexity index is 1430. The molecule has 0 saturated carbocycles. The Morgan fingerprint density at radius 1 is 0.912 bits per heavy atom. The van der Waals surface area contributed by atoms with Crippen LogP contribution in [0.15, 0.2) is 82.7 Å². The number of nitrogens with one attached hydrogen (secondary N) is 2. The van der Waals surface area contributed by atoms with Crippen LogP contribution in [0.2, 0.25) is 0 Å². The van der Waals surface area contributed by atoms with E-state index in [1.165, 1.54) is 18.7 Å². The number of carbonyl (C=O) groups is 2. The van der Waals surface area contributed by atoms with E-state index in [9.17, 15) is 14.4 Å². The van der Waals surface area contributed by atoms with Crippen molar-refractivity contribution < 1.29 is 9.59 Å². The molecule has 0 bridgehead atoms. The third-order valence-corrected chi connectivity index (χ3v) is 6.28. The van der Waals surface area contributed by atoms with Crippen molar-refractivity contribution in [2.45, 2.75) is 31.2 Å². The van der Waals surface area contributed by atoms with Gasteiger partial charge in [-0.3, -0.25) is 19.0 Å². The Labute approximate surface area is 201 Å². The van der Waals surface area contributed by atoms with E-state index in [1.54, 1.807) is 47.9 Å². The monoisotopic (exact) mass is 472 g/mol. The highest BCUT2D eigenvalue weighted by Gasteiger charge is 2.21. The second-order valence-electron chi connectivity index (χ2n) is 7.85. The maximum Gasteiger partial charge on any atom is 0.266 e. The summed E-state index contributed by atoms with van der Waals surface area (Å²) in [5.41, 5.74) is 3.32. The van der Waals surface area contributed by atoms with Gasteiger partial charge in [0.05, 0.1) is 21.8 Å². The van der Waals surface area contributed by atoms with Gasteiger partial charge in [0.1, 0.15) is 0 Å². The molecular weight excluding hydrogens is 448 g/mol. The topological polar surface area (TPSA) is 93.1 Å². The van der Waals surface area contributed by atoms with E-state index >= 15 is 0 Å². The van der Waals surface area contributed by atoms with Gasteiger partial charge in [0.15, 0.2) is 5.16 Å². The van der Waals surface area contributed by atoms with Gasteiger partial charge in [0, 0.05) is 18.3 Å². The van der Waals surface area contributed by atoms with E-state index in [4.69, 9.17) is 4.98 Å². The van der Waals surface area contributed by atoms with Gasteiger partial charge < -0.3 is 10.6 Å². The van der Waals surface area contributed by atoms with Crippen LogP contribution in [0.4, 0.5) is 11.4 Å². The number of hydrogen-bond donors (Lipinski definition) is 2. The van der Waals surface area contributed by atoms with Crippen LogP contribution in [0.5, 0.6) is 0 Å². The molecule has 0 fully saturated rings. The predicted octanol–water partition coefficient (Wildman–Crippen LogP) is 4.77. The van der Waals surface area contributed by atoms with Crippen molar-refractivity contribution in [2.75, 3.05) is 10.6 Å². The van der Waals surface area contributed by atoms with Crippen molar-refractivity contribution in [3.63, 3.8) is 0 Å². The second-order valence-corrected chi connectivity index (χ2v) is 9.15. The van der Waals surface area contributed by atoms with Gasteiger partial charge in [-0.25, -0.2) is 4.98 Å². The zero-order valence-corrected chi connectivity index (χ0v) is 19.8. The molecule has 1 heterocycles. The molecule has 0 radical (unpaired) electrons. The number of carbonyl (C=O) groups excluding carboxylic acids is 2. The average Bonchev–Trinajstić information content (AvgIpc) is 2.81. The van der Waals surface area contributed by atoms with Crippen LogP contribution in [0.3, 0.4) is 0 Å². The molecule has 2 N–H and O–H groups in total. The van der Waals surface area contributed by atoms with E-state index in [0.717, 1.165) is 11.3 Å². The van der Waals surface area contributed by atoms with Crippen LogP contribution in [0.25, 0.3) is 16.6 Å². The molecule has 2 amide bonds. The number of amides is 2. The van der Waals surface area contributed by atoms with E-state index in [2.05, 4.69) is 10.6 Å². The summed E-state index contributed by atoms with van der Waals surface area (Å²) in [7, 11) is 0. The van der Waals surface area contributed by atoms with Crippen LogP contribution in [0.1, 0.15) is 19.4 Å². The number of thioether (sulfide) groups is 1. The first-order chi connectivity index (χ1) is 16.3. The Kier molecular flexibility index (Phi) is 6.79. The molecule has 34 heavy (non-hydrogen) atoms. The molecule has 7 nitrogen and oxygen atoms in total. The fraction of sp³-hybridized carbons (Fsp3) is 0.154. The second kappa shape index (κ2) is 9.93. The molecule has 0 aliphatic rings. The van der Waals surface area contributed by atoms with Crippen molar-refractivity contribution >= 4 is 45.9 Å². The van der Waals surface area contributed by atoms with Gasteiger partial charge in [0.25, 0.3) is 5.56 Å². The largest absolute Gasteiger partial charge is 0.326 e. The Morgan fingerprint density at radius 3 is 2.21 bits per heavy atom. The number of rotatable bonds is 6. The first kappa shape index (κ1) is 23.3. The number of aromatic nitrogens is 2. The van der Waals surface area contributed by atoms with Crippen LogP contribution < -0.4 is 16.2 Å². The van der Waals surface area contributed by atoms with Crippen molar-refractivity contribution in [1.29, 1.82) is 0 Å². The summed E-state index contributed by atoms with van der Waals surface area (Å²) >= 11 is 1.22. The smallest absolute Gasteiger partial charge is 0.266 e. The lowest BCUT2D eigenvalue weighted by Crippen LogP contribution is -2.26. The van der Waals surface area contributed by atoms with E-state index < -0.39 is 5.25 Å². The average molecular weight is 473 g/mol. The summed E-state index contributed by atoms with van der Waals surface area (Å²) in [5.74, 6) is -0.389. The van der Waals surface area contributed by atoms with Crippen molar-refractivity contribution in [3.05, 3.63) is 88.7 Å². The molecule has 0 spiro atoms. The van der Waals surface area contributed by atoms with Crippen LogP contribution >= 0.6 is 11.8 Å². The molecule has 4 rings (SSSR count). The molecule has 3 aromatic carbocycles. The summed E-state index contributed by atoms with van der Waals surface area (Å²) in [5, 5.41) is 6.00. The molecule has 4 aromatic rings. The zero-order chi connectivity index (χ0) is 24.2. The van der Waals surface area contributed by atoms with Gasteiger partial charge in [-0.1, -0.05) is 42.1 Å². The van der Waals surface area contributed by atoms with Crippen LogP contribution in [0, 0.1) is 6.92 Å². The lowest BCUT2D eigenvalue weighted by molar-refractivity contribution is -0.115. The number of fused-ring (bicyclic) bond motifs is 1. The fourth-order valence-electron chi connectivity index (χ4n) is 3.51.